The van der Waals surface area contributed by atoms with Crippen molar-refractivity contribution in [3.8, 4) is 11.4 Å². The van der Waals surface area contributed by atoms with Crippen LogP contribution in [0.25, 0.3) is 5.69 Å². The normalized spacial score (nSPS) is 11.2. The molecule has 1 heterocycles. The third kappa shape index (κ3) is 4.74. The summed E-state index contributed by atoms with van der Waals surface area (Å²) in [6.45, 7) is 1.34. The summed E-state index contributed by atoms with van der Waals surface area (Å²) in [5.41, 5.74) is -1.63. The SMILES string of the molecule is CCOC(=O)c1nn(-c2ccc(F)cc2)c(=O)cc1OS(=O)(=O)c1cc(F)ccc1F. The summed E-state index contributed by atoms with van der Waals surface area (Å²) >= 11 is 0. The minimum atomic E-state index is -5.00. The highest BCUT2D eigenvalue weighted by atomic mass is 32.2. The standard InChI is InChI=1S/C19H13F3N2O6S/c1-2-29-19(26)18-15(30-31(27,28)16-9-12(21)5-8-14(16)22)10-17(25)24(23-18)13-6-3-11(20)4-7-13/h3-10H,2H2,1H3. The monoisotopic (exact) mass is 454 g/mol. The van der Waals surface area contributed by atoms with Crippen LogP contribution in [0.3, 0.4) is 0 Å². The van der Waals surface area contributed by atoms with Crippen molar-refractivity contribution in [2.45, 2.75) is 11.8 Å². The number of hydrogen-bond acceptors (Lipinski definition) is 7. The zero-order chi connectivity index (χ0) is 22.8. The molecule has 2 aromatic carbocycles. The highest BCUT2D eigenvalue weighted by Crippen LogP contribution is 2.24. The van der Waals surface area contributed by atoms with Gasteiger partial charge < -0.3 is 8.92 Å². The molecular weight excluding hydrogens is 441 g/mol. The quantitative estimate of drug-likeness (QED) is 0.417. The van der Waals surface area contributed by atoms with Gasteiger partial charge >= 0.3 is 16.1 Å². The van der Waals surface area contributed by atoms with Crippen LogP contribution in [0.4, 0.5) is 13.2 Å². The maximum Gasteiger partial charge on any atom is 0.362 e. The van der Waals surface area contributed by atoms with Gasteiger partial charge in [-0.3, -0.25) is 4.79 Å². The zero-order valence-corrected chi connectivity index (χ0v) is 16.5. The van der Waals surface area contributed by atoms with E-state index in [4.69, 9.17) is 8.92 Å². The average Bonchev–Trinajstić information content (AvgIpc) is 2.70. The summed E-state index contributed by atoms with van der Waals surface area (Å²) in [6, 6.07) is 6.71. The van der Waals surface area contributed by atoms with E-state index in [1.807, 2.05) is 0 Å². The molecule has 162 valence electrons. The second-order valence-electron chi connectivity index (χ2n) is 5.92. The summed E-state index contributed by atoms with van der Waals surface area (Å²) in [6.07, 6.45) is 0. The Morgan fingerprint density at radius 2 is 1.68 bits per heavy atom. The fraction of sp³-hybridized carbons (Fsp3) is 0.105. The number of ether oxygens (including phenoxy) is 1. The van der Waals surface area contributed by atoms with Crippen LogP contribution in [0.15, 0.2) is 58.2 Å². The molecule has 0 atom stereocenters. The van der Waals surface area contributed by atoms with E-state index in [1.54, 1.807) is 0 Å². The van der Waals surface area contributed by atoms with Gasteiger partial charge in [-0.1, -0.05) is 0 Å². The molecule has 0 amide bonds. The lowest BCUT2D eigenvalue weighted by molar-refractivity contribution is 0.0515. The van der Waals surface area contributed by atoms with Gasteiger partial charge in [0.15, 0.2) is 5.75 Å². The Kier molecular flexibility index (Phi) is 6.11. The molecule has 0 aliphatic carbocycles. The molecule has 0 aliphatic rings. The Hall–Kier alpha value is -3.67. The maximum absolute atomic E-state index is 13.9. The van der Waals surface area contributed by atoms with Crippen molar-refractivity contribution in [3.63, 3.8) is 0 Å². The lowest BCUT2D eigenvalue weighted by Gasteiger charge is -2.13. The van der Waals surface area contributed by atoms with Crippen molar-refractivity contribution in [2.75, 3.05) is 6.61 Å². The first-order valence-electron chi connectivity index (χ1n) is 8.59. The van der Waals surface area contributed by atoms with Crippen LogP contribution in [0.1, 0.15) is 17.4 Å². The lowest BCUT2D eigenvalue weighted by Crippen LogP contribution is -2.26. The second kappa shape index (κ2) is 8.60. The van der Waals surface area contributed by atoms with Crippen molar-refractivity contribution in [1.82, 2.24) is 9.78 Å². The van der Waals surface area contributed by atoms with Gasteiger partial charge in [0, 0.05) is 0 Å². The van der Waals surface area contributed by atoms with E-state index in [-0.39, 0.29) is 12.3 Å². The van der Waals surface area contributed by atoms with Gasteiger partial charge in [0.2, 0.25) is 5.69 Å². The van der Waals surface area contributed by atoms with E-state index in [9.17, 15) is 31.2 Å². The van der Waals surface area contributed by atoms with E-state index in [2.05, 4.69) is 5.10 Å². The van der Waals surface area contributed by atoms with Crippen LogP contribution in [0.2, 0.25) is 0 Å². The predicted molar refractivity (Wildman–Crippen MR) is 99.9 cm³/mol. The van der Waals surface area contributed by atoms with Gasteiger partial charge in [0.25, 0.3) is 5.56 Å². The minimum absolute atomic E-state index is 0.0579. The van der Waals surface area contributed by atoms with Gasteiger partial charge in [-0.2, -0.15) is 18.2 Å². The largest absolute Gasteiger partial charge is 0.461 e. The summed E-state index contributed by atoms with van der Waals surface area (Å²) in [7, 11) is -5.00. The third-order valence-electron chi connectivity index (χ3n) is 3.80. The highest BCUT2D eigenvalue weighted by Gasteiger charge is 2.28. The molecular formula is C19H13F3N2O6S. The topological polar surface area (TPSA) is 105 Å². The lowest BCUT2D eigenvalue weighted by atomic mass is 10.3. The number of esters is 1. The molecule has 0 spiro atoms. The molecule has 0 radical (unpaired) electrons. The van der Waals surface area contributed by atoms with E-state index in [0.29, 0.717) is 28.9 Å². The first kappa shape index (κ1) is 22.0. The van der Waals surface area contributed by atoms with Crippen LogP contribution >= 0.6 is 0 Å². The molecule has 0 saturated carbocycles. The van der Waals surface area contributed by atoms with E-state index in [0.717, 1.165) is 12.1 Å². The first-order valence-corrected chi connectivity index (χ1v) is 10.00. The molecule has 1 aromatic heterocycles. The Morgan fingerprint density at radius 3 is 2.32 bits per heavy atom. The average molecular weight is 454 g/mol. The van der Waals surface area contributed by atoms with Crippen LogP contribution in [-0.2, 0) is 14.9 Å². The third-order valence-corrected chi connectivity index (χ3v) is 5.05. The number of nitrogens with zero attached hydrogens (tertiary/aromatic N) is 2. The fourth-order valence-corrected chi connectivity index (χ4v) is 3.46. The zero-order valence-electron chi connectivity index (χ0n) is 15.7. The number of halogens is 3. The van der Waals surface area contributed by atoms with Crippen molar-refractivity contribution >= 4 is 16.1 Å². The van der Waals surface area contributed by atoms with Crippen LogP contribution in [-0.4, -0.2) is 30.8 Å². The summed E-state index contributed by atoms with van der Waals surface area (Å²) in [4.78, 5) is 23.6. The Morgan fingerprint density at radius 1 is 1.03 bits per heavy atom. The van der Waals surface area contributed by atoms with Crippen molar-refractivity contribution in [2.24, 2.45) is 0 Å². The number of hydrogen-bond donors (Lipinski definition) is 0. The summed E-state index contributed by atoms with van der Waals surface area (Å²) in [5, 5.41) is 3.76. The van der Waals surface area contributed by atoms with Crippen LogP contribution in [0, 0.1) is 17.5 Å². The fourth-order valence-electron chi connectivity index (χ4n) is 2.44. The highest BCUT2D eigenvalue weighted by molar-refractivity contribution is 7.87. The number of carbonyl (C=O) groups is 1. The van der Waals surface area contributed by atoms with Crippen molar-refractivity contribution in [1.29, 1.82) is 0 Å². The molecule has 0 unspecified atom stereocenters. The minimum Gasteiger partial charge on any atom is -0.461 e. The first-order chi connectivity index (χ1) is 14.6. The van der Waals surface area contributed by atoms with E-state index < -0.39 is 55.4 Å². The predicted octanol–water partition coefficient (Wildman–Crippen LogP) is 2.59. The molecule has 0 saturated heterocycles. The molecule has 12 heteroatoms. The molecule has 31 heavy (non-hydrogen) atoms. The Bertz CT molecular complexity index is 1310. The number of benzene rings is 2. The van der Waals surface area contributed by atoms with Crippen LogP contribution < -0.4 is 9.74 Å². The number of carbonyl (C=O) groups excluding carboxylic acids is 1. The Labute approximate surface area is 173 Å². The van der Waals surface area contributed by atoms with Gasteiger partial charge in [-0.25, -0.2) is 18.0 Å². The van der Waals surface area contributed by atoms with Crippen molar-refractivity contribution in [3.05, 3.63) is 82.0 Å². The molecule has 3 aromatic rings. The molecule has 8 nitrogen and oxygen atoms in total. The second-order valence-corrected chi connectivity index (χ2v) is 7.43. The van der Waals surface area contributed by atoms with Gasteiger partial charge in [0.1, 0.15) is 22.3 Å². The van der Waals surface area contributed by atoms with Crippen molar-refractivity contribution < 1.29 is 35.3 Å². The van der Waals surface area contributed by atoms with Gasteiger partial charge in [-0.05, 0) is 49.4 Å². The molecule has 3 rings (SSSR count). The number of aromatic nitrogens is 2. The van der Waals surface area contributed by atoms with Gasteiger partial charge in [0.05, 0.1) is 18.4 Å². The van der Waals surface area contributed by atoms with E-state index >= 15 is 0 Å². The summed E-state index contributed by atoms with van der Waals surface area (Å²) in [5.74, 6) is -4.97. The Balaban J connectivity index is 2.14. The molecule has 0 N–H and O–H groups in total. The molecule has 0 fully saturated rings. The number of rotatable bonds is 6. The maximum atomic E-state index is 13.9. The summed E-state index contributed by atoms with van der Waals surface area (Å²) < 4.78 is 75.6. The van der Waals surface area contributed by atoms with Crippen LogP contribution in [0.5, 0.6) is 5.75 Å². The molecule has 0 aliphatic heterocycles. The van der Waals surface area contributed by atoms with Gasteiger partial charge in [-0.15, -0.1) is 0 Å². The molecule has 0 bridgehead atoms. The van der Waals surface area contributed by atoms with E-state index in [1.165, 1.54) is 19.1 Å². The smallest absolute Gasteiger partial charge is 0.362 e.